The molecule has 2 aromatic carbocycles. The molecule has 1 aliphatic heterocycles. The number of aliphatic imine (C=N–C) groups is 1. The van der Waals surface area contributed by atoms with E-state index in [-0.39, 0.29) is 5.91 Å². The molecule has 134 valence electrons. The van der Waals surface area contributed by atoms with Gasteiger partial charge < -0.3 is 10.2 Å². The second-order valence-corrected chi connectivity index (χ2v) is 7.13. The number of amidine groups is 1. The van der Waals surface area contributed by atoms with Gasteiger partial charge in [-0.15, -0.1) is 0 Å². The Kier molecular flexibility index (Phi) is 6.01. The lowest BCUT2D eigenvalue weighted by molar-refractivity contribution is -0.115. The highest BCUT2D eigenvalue weighted by atomic mass is 35.5. The van der Waals surface area contributed by atoms with Crippen molar-refractivity contribution in [2.75, 3.05) is 18.0 Å². The Morgan fingerprint density at radius 3 is 2.46 bits per heavy atom. The summed E-state index contributed by atoms with van der Waals surface area (Å²) in [6, 6.07) is 15.5. The van der Waals surface area contributed by atoms with Crippen LogP contribution in [0.25, 0.3) is 6.08 Å². The lowest BCUT2D eigenvalue weighted by atomic mass is 10.2. The van der Waals surface area contributed by atoms with Gasteiger partial charge in [-0.25, -0.2) is 4.99 Å². The Morgan fingerprint density at radius 2 is 1.81 bits per heavy atom. The summed E-state index contributed by atoms with van der Waals surface area (Å²) in [6.45, 7) is 6.21. The van der Waals surface area contributed by atoms with Gasteiger partial charge in [0.05, 0.1) is 15.6 Å². The molecule has 1 fully saturated rings. The largest absolute Gasteiger partial charge is 0.372 e. The quantitative estimate of drug-likeness (QED) is 0.730. The van der Waals surface area contributed by atoms with Gasteiger partial charge >= 0.3 is 0 Å². The van der Waals surface area contributed by atoms with Gasteiger partial charge in [0, 0.05) is 18.8 Å². The van der Waals surface area contributed by atoms with Crippen LogP contribution in [0.4, 0.5) is 11.4 Å². The van der Waals surface area contributed by atoms with Gasteiger partial charge in [-0.2, -0.15) is 0 Å². The van der Waals surface area contributed by atoms with Gasteiger partial charge in [0.2, 0.25) is 0 Å². The summed E-state index contributed by atoms with van der Waals surface area (Å²) in [4.78, 5) is 19.5. The average Bonchev–Trinajstić information content (AvgIpc) is 2.98. The SMILES string of the molecule is CCN(CC)c1ccc(/C=C2/SC(=Nc3ccccc3Cl)NC2=O)cc1. The molecule has 0 aromatic heterocycles. The molecule has 1 N–H and O–H groups in total. The summed E-state index contributed by atoms with van der Waals surface area (Å²) >= 11 is 7.44. The molecule has 0 atom stereocenters. The number of hydrogen-bond donors (Lipinski definition) is 1. The summed E-state index contributed by atoms with van der Waals surface area (Å²) in [7, 11) is 0. The van der Waals surface area contributed by atoms with Crippen LogP contribution in [0.3, 0.4) is 0 Å². The van der Waals surface area contributed by atoms with Crippen molar-refractivity contribution < 1.29 is 4.79 Å². The van der Waals surface area contributed by atoms with Crippen LogP contribution in [0.15, 0.2) is 58.4 Å². The first-order valence-corrected chi connectivity index (χ1v) is 9.69. The number of thioether (sulfide) groups is 1. The van der Waals surface area contributed by atoms with Crippen molar-refractivity contribution in [1.29, 1.82) is 0 Å². The van der Waals surface area contributed by atoms with Crippen LogP contribution in [-0.2, 0) is 4.79 Å². The molecule has 1 aliphatic rings. The molecule has 0 radical (unpaired) electrons. The standard InChI is InChI=1S/C20H20ClN3OS/c1-3-24(4-2)15-11-9-14(10-12-15)13-18-19(25)23-20(26-18)22-17-8-6-5-7-16(17)21/h5-13H,3-4H2,1-2H3,(H,22,23,25)/b18-13+. The van der Waals surface area contributed by atoms with Crippen LogP contribution in [0, 0.1) is 0 Å². The molecule has 2 aromatic rings. The number of rotatable bonds is 5. The first kappa shape index (κ1) is 18.5. The minimum absolute atomic E-state index is 0.145. The van der Waals surface area contributed by atoms with E-state index in [9.17, 15) is 4.79 Å². The van der Waals surface area contributed by atoms with E-state index in [1.54, 1.807) is 6.07 Å². The third kappa shape index (κ3) is 4.29. The molecule has 0 unspecified atom stereocenters. The molecular formula is C20H20ClN3OS. The maximum Gasteiger partial charge on any atom is 0.264 e. The van der Waals surface area contributed by atoms with Gasteiger partial charge in [-0.05, 0) is 61.5 Å². The lowest BCUT2D eigenvalue weighted by Crippen LogP contribution is -2.21. The van der Waals surface area contributed by atoms with Crippen molar-refractivity contribution in [3.8, 4) is 0 Å². The van der Waals surface area contributed by atoms with Crippen molar-refractivity contribution in [1.82, 2.24) is 5.32 Å². The molecule has 0 spiro atoms. The molecule has 1 amide bonds. The fourth-order valence-electron chi connectivity index (χ4n) is 2.65. The predicted molar refractivity (Wildman–Crippen MR) is 112 cm³/mol. The van der Waals surface area contributed by atoms with E-state index in [1.807, 2.05) is 36.4 Å². The second kappa shape index (κ2) is 8.43. The zero-order chi connectivity index (χ0) is 18.5. The van der Waals surface area contributed by atoms with E-state index in [1.165, 1.54) is 17.4 Å². The second-order valence-electron chi connectivity index (χ2n) is 5.70. The maximum atomic E-state index is 12.2. The molecule has 0 bridgehead atoms. The summed E-state index contributed by atoms with van der Waals surface area (Å²) in [6.07, 6.45) is 1.88. The molecule has 1 saturated heterocycles. The zero-order valence-corrected chi connectivity index (χ0v) is 16.3. The molecule has 3 rings (SSSR count). The van der Waals surface area contributed by atoms with E-state index in [0.717, 1.165) is 18.7 Å². The van der Waals surface area contributed by atoms with Crippen molar-refractivity contribution >= 4 is 51.9 Å². The number of hydrogen-bond acceptors (Lipinski definition) is 4. The maximum absolute atomic E-state index is 12.2. The smallest absolute Gasteiger partial charge is 0.264 e. The number of para-hydroxylation sites is 1. The number of amides is 1. The van der Waals surface area contributed by atoms with E-state index < -0.39 is 0 Å². The molecular weight excluding hydrogens is 366 g/mol. The number of benzene rings is 2. The van der Waals surface area contributed by atoms with Gasteiger partial charge in [-0.3, -0.25) is 4.79 Å². The fourth-order valence-corrected chi connectivity index (χ4v) is 3.67. The lowest BCUT2D eigenvalue weighted by Gasteiger charge is -2.20. The van der Waals surface area contributed by atoms with Crippen LogP contribution in [0.1, 0.15) is 19.4 Å². The fraction of sp³-hybridized carbons (Fsp3) is 0.200. The third-order valence-electron chi connectivity index (χ3n) is 4.04. The molecule has 6 heteroatoms. The molecule has 26 heavy (non-hydrogen) atoms. The summed E-state index contributed by atoms with van der Waals surface area (Å²) in [5.74, 6) is -0.145. The molecule has 4 nitrogen and oxygen atoms in total. The summed E-state index contributed by atoms with van der Waals surface area (Å²) in [5, 5.41) is 3.88. The van der Waals surface area contributed by atoms with Crippen molar-refractivity contribution in [2.24, 2.45) is 4.99 Å². The number of carbonyl (C=O) groups excluding carboxylic acids is 1. The van der Waals surface area contributed by atoms with Crippen molar-refractivity contribution in [3.05, 3.63) is 64.0 Å². The molecule has 0 saturated carbocycles. The van der Waals surface area contributed by atoms with Crippen molar-refractivity contribution in [3.63, 3.8) is 0 Å². The normalized spacial score (nSPS) is 17.0. The highest BCUT2D eigenvalue weighted by Crippen LogP contribution is 2.31. The van der Waals surface area contributed by atoms with Crippen LogP contribution in [0.2, 0.25) is 5.02 Å². The minimum Gasteiger partial charge on any atom is -0.372 e. The van der Waals surface area contributed by atoms with E-state index >= 15 is 0 Å². The van der Waals surface area contributed by atoms with Gasteiger partial charge in [0.15, 0.2) is 5.17 Å². The van der Waals surface area contributed by atoms with E-state index in [0.29, 0.717) is 20.8 Å². The van der Waals surface area contributed by atoms with E-state index in [2.05, 4.69) is 41.2 Å². The Morgan fingerprint density at radius 1 is 1.12 bits per heavy atom. The van der Waals surface area contributed by atoms with Crippen LogP contribution >= 0.6 is 23.4 Å². The Balaban J connectivity index is 1.77. The van der Waals surface area contributed by atoms with E-state index in [4.69, 9.17) is 11.6 Å². The number of nitrogens with one attached hydrogen (secondary N) is 1. The predicted octanol–water partition coefficient (Wildman–Crippen LogP) is 5.08. The first-order valence-electron chi connectivity index (χ1n) is 8.49. The topological polar surface area (TPSA) is 44.7 Å². The number of nitrogens with zero attached hydrogens (tertiary/aromatic N) is 2. The molecule has 0 aliphatic carbocycles. The molecule has 1 heterocycles. The summed E-state index contributed by atoms with van der Waals surface area (Å²) in [5.41, 5.74) is 2.81. The monoisotopic (exact) mass is 385 g/mol. The summed E-state index contributed by atoms with van der Waals surface area (Å²) < 4.78 is 0. The van der Waals surface area contributed by atoms with Gasteiger partial charge in [0.1, 0.15) is 0 Å². The average molecular weight is 386 g/mol. The minimum atomic E-state index is -0.145. The first-order chi connectivity index (χ1) is 12.6. The zero-order valence-electron chi connectivity index (χ0n) is 14.7. The third-order valence-corrected chi connectivity index (χ3v) is 5.27. The Bertz CT molecular complexity index is 858. The van der Waals surface area contributed by atoms with Crippen molar-refractivity contribution in [2.45, 2.75) is 13.8 Å². The number of carbonyl (C=O) groups is 1. The Labute approximate surface area is 163 Å². The Hall–Kier alpha value is -2.24. The highest BCUT2D eigenvalue weighted by Gasteiger charge is 2.24. The van der Waals surface area contributed by atoms with Crippen LogP contribution in [-0.4, -0.2) is 24.2 Å². The number of anilines is 1. The highest BCUT2D eigenvalue weighted by molar-refractivity contribution is 8.18. The van der Waals surface area contributed by atoms with Gasteiger partial charge in [0.25, 0.3) is 5.91 Å². The van der Waals surface area contributed by atoms with Gasteiger partial charge in [-0.1, -0.05) is 35.9 Å². The van der Waals surface area contributed by atoms with Crippen LogP contribution < -0.4 is 10.2 Å². The number of halogens is 1. The van der Waals surface area contributed by atoms with Crippen LogP contribution in [0.5, 0.6) is 0 Å².